The summed E-state index contributed by atoms with van der Waals surface area (Å²) < 4.78 is 4.61. The summed E-state index contributed by atoms with van der Waals surface area (Å²) in [7, 11) is 1.51. The molecule has 0 unspecified atom stereocenters. The molecule has 0 spiro atoms. The van der Waals surface area contributed by atoms with E-state index in [1.165, 1.54) is 7.11 Å². The Hall–Kier alpha value is -0.0800. The number of Topliss-reactive ketones (excluding diaryl/α,β-unsaturated/α-hetero) is 1. The van der Waals surface area contributed by atoms with Crippen LogP contribution in [0.3, 0.4) is 0 Å². The first-order chi connectivity index (χ1) is 4.31. The quantitative estimate of drug-likeness (QED) is 0.551. The van der Waals surface area contributed by atoms with Crippen molar-refractivity contribution in [3.63, 3.8) is 0 Å². The van der Waals surface area contributed by atoms with Gasteiger partial charge in [-0.3, -0.25) is 4.79 Å². The molecule has 2 nitrogen and oxygen atoms in total. The van der Waals surface area contributed by atoms with Gasteiger partial charge in [-0.15, -0.1) is 11.6 Å². The lowest BCUT2D eigenvalue weighted by molar-refractivity contribution is -0.122. The molecular formula is C6H11ClO2. The van der Waals surface area contributed by atoms with Crippen LogP contribution in [0.15, 0.2) is 0 Å². The van der Waals surface area contributed by atoms with Crippen LogP contribution < -0.4 is 0 Å². The third-order valence-electron chi connectivity index (χ3n) is 0.895. The fourth-order valence-corrected chi connectivity index (χ4v) is 0.631. The lowest BCUT2D eigenvalue weighted by Crippen LogP contribution is -2.05. The van der Waals surface area contributed by atoms with Crippen LogP contribution >= 0.6 is 11.6 Å². The highest BCUT2D eigenvalue weighted by molar-refractivity contribution is 6.17. The summed E-state index contributed by atoms with van der Waals surface area (Å²) in [6, 6.07) is 0. The zero-order valence-corrected chi connectivity index (χ0v) is 6.28. The van der Waals surface area contributed by atoms with E-state index in [9.17, 15) is 4.79 Å². The molecule has 9 heavy (non-hydrogen) atoms. The number of halogens is 1. The minimum atomic E-state index is 0.123. The normalized spacial score (nSPS) is 9.56. The van der Waals surface area contributed by atoms with Gasteiger partial charge in [0.05, 0.1) is 0 Å². The summed E-state index contributed by atoms with van der Waals surface area (Å²) >= 11 is 5.35. The van der Waals surface area contributed by atoms with E-state index in [-0.39, 0.29) is 12.4 Å². The van der Waals surface area contributed by atoms with Crippen LogP contribution in [-0.2, 0) is 9.53 Å². The number of methoxy groups -OCH3 is 1. The molecule has 0 aromatic rings. The van der Waals surface area contributed by atoms with Gasteiger partial charge in [0, 0.05) is 19.4 Å². The Morgan fingerprint density at radius 2 is 2.33 bits per heavy atom. The van der Waals surface area contributed by atoms with E-state index >= 15 is 0 Å². The lowest BCUT2D eigenvalue weighted by Gasteiger charge is -1.94. The zero-order chi connectivity index (χ0) is 7.11. The Bertz CT molecular complexity index is 83.1. The SMILES string of the molecule is COCC(=O)CCCCl. The van der Waals surface area contributed by atoms with Crippen molar-refractivity contribution in [2.45, 2.75) is 12.8 Å². The first-order valence-electron chi connectivity index (χ1n) is 2.88. The third kappa shape index (κ3) is 5.80. The molecule has 0 saturated heterocycles. The summed E-state index contributed by atoms with van der Waals surface area (Å²) in [5.41, 5.74) is 0. The van der Waals surface area contributed by atoms with E-state index in [4.69, 9.17) is 11.6 Å². The molecule has 0 radical (unpaired) electrons. The van der Waals surface area contributed by atoms with Gasteiger partial charge in [0.25, 0.3) is 0 Å². The molecular weight excluding hydrogens is 140 g/mol. The molecule has 0 atom stereocenters. The van der Waals surface area contributed by atoms with E-state index in [0.29, 0.717) is 12.3 Å². The van der Waals surface area contributed by atoms with Gasteiger partial charge in [-0.2, -0.15) is 0 Å². The molecule has 0 saturated carbocycles. The Morgan fingerprint density at radius 1 is 1.67 bits per heavy atom. The van der Waals surface area contributed by atoms with E-state index < -0.39 is 0 Å². The number of rotatable bonds is 5. The summed E-state index contributed by atoms with van der Waals surface area (Å²) in [5, 5.41) is 0. The van der Waals surface area contributed by atoms with Crippen LogP contribution in [0, 0.1) is 0 Å². The zero-order valence-electron chi connectivity index (χ0n) is 5.52. The number of carbonyl (C=O) groups is 1. The van der Waals surface area contributed by atoms with Gasteiger partial charge in [-0.05, 0) is 6.42 Å². The van der Waals surface area contributed by atoms with Crippen molar-refractivity contribution >= 4 is 17.4 Å². The first-order valence-corrected chi connectivity index (χ1v) is 3.41. The minimum absolute atomic E-state index is 0.123. The molecule has 0 aliphatic heterocycles. The Labute approximate surface area is 60.1 Å². The standard InChI is InChI=1S/C6H11ClO2/c1-9-5-6(8)3-2-4-7/h2-5H2,1H3. The van der Waals surface area contributed by atoms with Crippen molar-refractivity contribution in [1.29, 1.82) is 0 Å². The van der Waals surface area contributed by atoms with Gasteiger partial charge in [-0.25, -0.2) is 0 Å². The Kier molecular flexibility index (Phi) is 5.99. The van der Waals surface area contributed by atoms with Crippen molar-refractivity contribution < 1.29 is 9.53 Å². The van der Waals surface area contributed by atoms with Crippen molar-refractivity contribution in [3.05, 3.63) is 0 Å². The van der Waals surface area contributed by atoms with Crippen molar-refractivity contribution in [2.24, 2.45) is 0 Å². The minimum Gasteiger partial charge on any atom is -0.377 e. The fraction of sp³-hybridized carbons (Fsp3) is 0.833. The van der Waals surface area contributed by atoms with Gasteiger partial charge < -0.3 is 4.74 Å². The van der Waals surface area contributed by atoms with Crippen molar-refractivity contribution in [1.82, 2.24) is 0 Å². The second-order valence-corrected chi connectivity index (χ2v) is 2.14. The predicted molar refractivity (Wildman–Crippen MR) is 36.8 cm³/mol. The maximum atomic E-state index is 10.6. The topological polar surface area (TPSA) is 26.3 Å². The molecule has 0 bridgehead atoms. The molecule has 0 aliphatic carbocycles. The number of ketones is 1. The summed E-state index contributed by atoms with van der Waals surface area (Å²) in [4.78, 5) is 10.6. The molecule has 0 N–H and O–H groups in total. The molecule has 54 valence electrons. The first kappa shape index (κ1) is 8.92. The van der Waals surface area contributed by atoms with Gasteiger partial charge in [0.1, 0.15) is 6.61 Å². The fourth-order valence-electron chi connectivity index (χ4n) is 0.497. The average molecular weight is 151 g/mol. The van der Waals surface area contributed by atoms with E-state index in [0.717, 1.165) is 6.42 Å². The maximum Gasteiger partial charge on any atom is 0.158 e. The van der Waals surface area contributed by atoms with Crippen molar-refractivity contribution in [3.8, 4) is 0 Å². The Balaban J connectivity index is 3.06. The largest absolute Gasteiger partial charge is 0.377 e. The molecule has 3 heteroatoms. The molecule has 0 fully saturated rings. The van der Waals surface area contributed by atoms with Crippen LogP contribution in [0.25, 0.3) is 0 Å². The predicted octanol–water partition coefficient (Wildman–Crippen LogP) is 1.22. The Morgan fingerprint density at radius 3 is 2.78 bits per heavy atom. The van der Waals surface area contributed by atoms with Gasteiger partial charge in [0.2, 0.25) is 0 Å². The van der Waals surface area contributed by atoms with E-state index in [1.54, 1.807) is 0 Å². The number of hydrogen-bond acceptors (Lipinski definition) is 2. The maximum absolute atomic E-state index is 10.6. The van der Waals surface area contributed by atoms with Gasteiger partial charge in [-0.1, -0.05) is 0 Å². The third-order valence-corrected chi connectivity index (χ3v) is 1.16. The molecule has 0 aromatic carbocycles. The van der Waals surface area contributed by atoms with Crippen LogP contribution in [0.5, 0.6) is 0 Å². The molecule has 0 heterocycles. The summed E-state index contributed by atoms with van der Waals surface area (Å²) in [6.45, 7) is 0.219. The van der Waals surface area contributed by atoms with Crippen LogP contribution in [0.4, 0.5) is 0 Å². The van der Waals surface area contributed by atoms with Gasteiger partial charge >= 0.3 is 0 Å². The number of alkyl halides is 1. The summed E-state index contributed by atoms with van der Waals surface area (Å²) in [6.07, 6.45) is 1.29. The molecule has 0 rings (SSSR count). The van der Waals surface area contributed by atoms with Crippen LogP contribution in [0.1, 0.15) is 12.8 Å². The monoisotopic (exact) mass is 150 g/mol. The van der Waals surface area contributed by atoms with E-state index in [2.05, 4.69) is 4.74 Å². The number of ether oxygens (including phenoxy) is 1. The highest BCUT2D eigenvalue weighted by Gasteiger charge is 1.97. The molecule has 0 aliphatic rings. The highest BCUT2D eigenvalue weighted by atomic mass is 35.5. The van der Waals surface area contributed by atoms with Crippen LogP contribution in [-0.4, -0.2) is 25.4 Å². The van der Waals surface area contributed by atoms with Gasteiger partial charge in [0.15, 0.2) is 5.78 Å². The highest BCUT2D eigenvalue weighted by Crippen LogP contribution is 1.92. The smallest absolute Gasteiger partial charge is 0.158 e. The molecule has 0 amide bonds. The second-order valence-electron chi connectivity index (χ2n) is 1.76. The van der Waals surface area contributed by atoms with E-state index in [1.807, 2.05) is 0 Å². The average Bonchev–Trinajstić information content (AvgIpc) is 1.85. The van der Waals surface area contributed by atoms with Crippen LogP contribution in [0.2, 0.25) is 0 Å². The number of hydrogen-bond donors (Lipinski definition) is 0. The molecule has 0 aromatic heterocycles. The second kappa shape index (κ2) is 6.05. The number of carbonyl (C=O) groups excluding carboxylic acids is 1. The van der Waals surface area contributed by atoms with Crippen molar-refractivity contribution in [2.75, 3.05) is 19.6 Å². The lowest BCUT2D eigenvalue weighted by atomic mass is 10.2. The summed E-state index contributed by atoms with van der Waals surface area (Å²) in [5.74, 6) is 0.674.